The van der Waals surface area contributed by atoms with E-state index in [0.29, 0.717) is 6.01 Å². The summed E-state index contributed by atoms with van der Waals surface area (Å²) in [5.41, 5.74) is 3.06. The number of rotatable bonds is 3. The molecular weight excluding hydrogens is 176 g/mol. The van der Waals surface area contributed by atoms with Gasteiger partial charge in [0.1, 0.15) is 5.52 Å². The van der Waals surface area contributed by atoms with E-state index in [1.54, 1.807) is 0 Å². The van der Waals surface area contributed by atoms with Crippen molar-refractivity contribution in [3.63, 3.8) is 0 Å². The lowest BCUT2D eigenvalue weighted by Gasteiger charge is -1.92. The Morgan fingerprint density at radius 3 is 2.93 bits per heavy atom. The number of hydrogen-bond donors (Lipinski definition) is 1. The van der Waals surface area contributed by atoms with Crippen LogP contribution in [0.15, 0.2) is 22.6 Å². The summed E-state index contributed by atoms with van der Waals surface area (Å²) in [6, 6.07) is 6.72. The second kappa shape index (κ2) is 3.70. The highest BCUT2D eigenvalue weighted by Gasteiger charge is 2.04. The first-order chi connectivity index (χ1) is 6.83. The summed E-state index contributed by atoms with van der Waals surface area (Å²) in [5, 5.41) is 3.06. The molecule has 3 heteroatoms. The summed E-state index contributed by atoms with van der Waals surface area (Å²) < 4.78 is 5.49. The van der Waals surface area contributed by atoms with E-state index in [9.17, 15) is 0 Å². The molecule has 1 N–H and O–H groups in total. The molecule has 0 aliphatic heterocycles. The molecule has 1 aromatic heterocycles. The van der Waals surface area contributed by atoms with Crippen LogP contribution in [0, 0.1) is 0 Å². The van der Waals surface area contributed by atoms with Crippen LogP contribution in [0.5, 0.6) is 0 Å². The zero-order valence-corrected chi connectivity index (χ0v) is 8.50. The summed E-state index contributed by atoms with van der Waals surface area (Å²) in [5.74, 6) is 0. The van der Waals surface area contributed by atoms with Gasteiger partial charge in [0.15, 0.2) is 5.58 Å². The number of anilines is 1. The highest BCUT2D eigenvalue weighted by Crippen LogP contribution is 2.20. The summed E-state index contributed by atoms with van der Waals surface area (Å²) in [6.45, 7) is 4.98. The van der Waals surface area contributed by atoms with Crippen molar-refractivity contribution < 1.29 is 4.42 Å². The number of nitrogens with one attached hydrogen (secondary N) is 1. The Morgan fingerprint density at radius 2 is 2.21 bits per heavy atom. The first-order valence-corrected chi connectivity index (χ1v) is 4.96. The van der Waals surface area contributed by atoms with Gasteiger partial charge in [0.2, 0.25) is 0 Å². The maximum Gasteiger partial charge on any atom is 0.295 e. The molecule has 0 amide bonds. The summed E-state index contributed by atoms with van der Waals surface area (Å²) >= 11 is 0. The Hall–Kier alpha value is -1.51. The number of oxazole rings is 1. The maximum atomic E-state index is 5.49. The SMILES string of the molecule is CCNc1nc2cc(CC)ccc2o1. The van der Waals surface area contributed by atoms with E-state index in [-0.39, 0.29) is 0 Å². The van der Waals surface area contributed by atoms with Crippen molar-refractivity contribution in [2.75, 3.05) is 11.9 Å². The number of nitrogens with zero attached hydrogens (tertiary/aromatic N) is 1. The third kappa shape index (κ3) is 1.58. The van der Waals surface area contributed by atoms with Crippen LogP contribution in [-0.2, 0) is 6.42 Å². The second-order valence-corrected chi connectivity index (χ2v) is 3.20. The van der Waals surface area contributed by atoms with Crippen LogP contribution in [0.25, 0.3) is 11.1 Å². The van der Waals surface area contributed by atoms with Gasteiger partial charge >= 0.3 is 0 Å². The number of hydrogen-bond acceptors (Lipinski definition) is 3. The van der Waals surface area contributed by atoms with Crippen LogP contribution in [0.1, 0.15) is 19.4 Å². The molecule has 0 bridgehead atoms. The van der Waals surface area contributed by atoms with Gasteiger partial charge in [-0.05, 0) is 31.0 Å². The van der Waals surface area contributed by atoms with Crippen molar-refractivity contribution in [3.05, 3.63) is 23.8 Å². The fourth-order valence-electron chi connectivity index (χ4n) is 1.42. The number of aromatic nitrogens is 1. The van der Waals surface area contributed by atoms with E-state index in [2.05, 4.69) is 29.4 Å². The van der Waals surface area contributed by atoms with Gasteiger partial charge in [-0.25, -0.2) is 0 Å². The maximum absolute atomic E-state index is 5.49. The standard InChI is InChI=1S/C11H14N2O/c1-3-8-5-6-10-9(7-8)13-11(14-10)12-4-2/h5-7H,3-4H2,1-2H3,(H,12,13). The molecule has 0 unspecified atom stereocenters. The zero-order valence-electron chi connectivity index (χ0n) is 8.50. The Bertz CT molecular complexity index is 434. The molecule has 0 aliphatic rings. The molecule has 0 saturated heterocycles. The molecule has 1 heterocycles. The highest BCUT2D eigenvalue weighted by atomic mass is 16.4. The minimum atomic E-state index is 0.607. The number of fused-ring (bicyclic) bond motifs is 1. The first-order valence-electron chi connectivity index (χ1n) is 4.96. The van der Waals surface area contributed by atoms with Gasteiger partial charge in [-0.15, -0.1) is 0 Å². The van der Waals surface area contributed by atoms with Crippen molar-refractivity contribution in [2.24, 2.45) is 0 Å². The van der Waals surface area contributed by atoms with Crippen molar-refractivity contribution >= 4 is 17.1 Å². The van der Waals surface area contributed by atoms with Crippen LogP contribution in [0.4, 0.5) is 6.01 Å². The Morgan fingerprint density at radius 1 is 1.36 bits per heavy atom. The molecule has 2 aromatic rings. The molecule has 0 fully saturated rings. The molecule has 74 valence electrons. The minimum absolute atomic E-state index is 0.607. The van der Waals surface area contributed by atoms with Gasteiger partial charge in [-0.1, -0.05) is 13.0 Å². The third-order valence-electron chi connectivity index (χ3n) is 2.19. The van der Waals surface area contributed by atoms with Crippen molar-refractivity contribution in [2.45, 2.75) is 20.3 Å². The van der Waals surface area contributed by atoms with Gasteiger partial charge in [0.25, 0.3) is 6.01 Å². The van der Waals surface area contributed by atoms with E-state index < -0.39 is 0 Å². The molecule has 2 rings (SSSR count). The van der Waals surface area contributed by atoms with Gasteiger partial charge < -0.3 is 9.73 Å². The highest BCUT2D eigenvalue weighted by molar-refractivity contribution is 5.75. The minimum Gasteiger partial charge on any atom is -0.424 e. The monoisotopic (exact) mass is 190 g/mol. The second-order valence-electron chi connectivity index (χ2n) is 3.20. The summed E-state index contributed by atoms with van der Waals surface area (Å²) in [7, 11) is 0. The van der Waals surface area contributed by atoms with Crippen LogP contribution in [0.2, 0.25) is 0 Å². The van der Waals surface area contributed by atoms with Gasteiger partial charge in [-0.3, -0.25) is 0 Å². The summed E-state index contributed by atoms with van der Waals surface area (Å²) in [4.78, 5) is 4.33. The molecule has 0 atom stereocenters. The smallest absolute Gasteiger partial charge is 0.295 e. The van der Waals surface area contributed by atoms with E-state index in [4.69, 9.17) is 4.42 Å². The van der Waals surface area contributed by atoms with E-state index in [1.165, 1.54) is 5.56 Å². The van der Waals surface area contributed by atoms with E-state index in [1.807, 2.05) is 13.0 Å². The lowest BCUT2D eigenvalue weighted by atomic mass is 10.1. The van der Waals surface area contributed by atoms with Crippen LogP contribution in [0.3, 0.4) is 0 Å². The van der Waals surface area contributed by atoms with Crippen LogP contribution >= 0.6 is 0 Å². The quantitative estimate of drug-likeness (QED) is 0.808. The topological polar surface area (TPSA) is 38.1 Å². The van der Waals surface area contributed by atoms with Gasteiger partial charge in [0.05, 0.1) is 0 Å². The predicted octanol–water partition coefficient (Wildman–Crippen LogP) is 2.82. The zero-order chi connectivity index (χ0) is 9.97. The molecule has 0 aliphatic carbocycles. The molecular formula is C11H14N2O. The Balaban J connectivity index is 2.43. The number of benzene rings is 1. The first kappa shape index (κ1) is 9.06. The average molecular weight is 190 g/mol. The largest absolute Gasteiger partial charge is 0.424 e. The van der Waals surface area contributed by atoms with Crippen molar-refractivity contribution in [1.29, 1.82) is 0 Å². The Kier molecular flexibility index (Phi) is 2.39. The van der Waals surface area contributed by atoms with Gasteiger partial charge in [0, 0.05) is 6.54 Å². The molecule has 0 radical (unpaired) electrons. The molecule has 3 nitrogen and oxygen atoms in total. The summed E-state index contributed by atoms with van der Waals surface area (Å²) in [6.07, 6.45) is 1.03. The van der Waals surface area contributed by atoms with Crippen LogP contribution in [-0.4, -0.2) is 11.5 Å². The number of aryl methyl sites for hydroxylation is 1. The molecule has 14 heavy (non-hydrogen) atoms. The molecule has 0 spiro atoms. The fourth-order valence-corrected chi connectivity index (χ4v) is 1.42. The third-order valence-corrected chi connectivity index (χ3v) is 2.19. The van der Waals surface area contributed by atoms with Crippen molar-refractivity contribution in [3.8, 4) is 0 Å². The fraction of sp³-hybridized carbons (Fsp3) is 0.364. The lowest BCUT2D eigenvalue weighted by Crippen LogP contribution is -1.95. The van der Waals surface area contributed by atoms with E-state index in [0.717, 1.165) is 24.1 Å². The molecule has 1 aromatic carbocycles. The molecule has 0 saturated carbocycles. The lowest BCUT2D eigenvalue weighted by molar-refractivity contribution is 0.616. The average Bonchev–Trinajstić information content (AvgIpc) is 2.59. The normalized spacial score (nSPS) is 10.7. The predicted molar refractivity (Wildman–Crippen MR) is 57.6 cm³/mol. The Labute approximate surface area is 83.1 Å². The van der Waals surface area contributed by atoms with Crippen LogP contribution < -0.4 is 5.32 Å². The van der Waals surface area contributed by atoms with Crippen molar-refractivity contribution in [1.82, 2.24) is 4.98 Å². The van der Waals surface area contributed by atoms with E-state index >= 15 is 0 Å². The van der Waals surface area contributed by atoms with Gasteiger partial charge in [-0.2, -0.15) is 4.98 Å².